The molecule has 1 aromatic heterocycles. The fraction of sp³-hybridized carbons (Fsp3) is 0.722. The second-order valence-electron chi connectivity index (χ2n) is 7.64. The number of hydrogen-bond acceptors (Lipinski definition) is 4. The molecule has 1 fully saturated rings. The van der Waals surface area contributed by atoms with Crippen LogP contribution in [0.2, 0.25) is 0 Å². The van der Waals surface area contributed by atoms with Crippen LogP contribution in [0.5, 0.6) is 0 Å². The minimum atomic E-state index is -3.48. The zero-order valence-electron chi connectivity index (χ0n) is 15.6. The molecule has 0 bridgehead atoms. The van der Waals surface area contributed by atoms with E-state index in [4.69, 9.17) is 0 Å². The molecule has 1 saturated carbocycles. The Balaban J connectivity index is 1.93. The normalized spacial score (nSPS) is 21.9. The maximum absolute atomic E-state index is 12.6. The number of hydrogen-bond donors (Lipinski definition) is 2. The molecule has 0 radical (unpaired) electrons. The Morgan fingerprint density at radius 2 is 1.88 bits per heavy atom. The number of sulfonamides is 1. The summed E-state index contributed by atoms with van der Waals surface area (Å²) in [5.41, 5.74) is 0.330. The molecule has 1 aliphatic carbocycles. The number of carbonyl (C=O) groups excluding carboxylic acids is 1. The van der Waals surface area contributed by atoms with Crippen LogP contribution in [0.15, 0.2) is 16.3 Å². The van der Waals surface area contributed by atoms with Crippen molar-refractivity contribution in [1.29, 1.82) is 0 Å². The smallest absolute Gasteiger partial charge is 0.250 e. The molecule has 5 nitrogen and oxygen atoms in total. The molecule has 0 spiro atoms. The van der Waals surface area contributed by atoms with Crippen molar-refractivity contribution in [3.8, 4) is 0 Å². The van der Waals surface area contributed by atoms with Crippen molar-refractivity contribution in [2.75, 3.05) is 0 Å². The number of amides is 1. The molecule has 0 unspecified atom stereocenters. The van der Waals surface area contributed by atoms with Crippen LogP contribution in [0, 0.1) is 11.3 Å². The second-order valence-corrected chi connectivity index (χ2v) is 10.8. The molecule has 2 rings (SSSR count). The molecule has 1 amide bonds. The first kappa shape index (κ1) is 20.4. The lowest BCUT2D eigenvalue weighted by Gasteiger charge is -2.38. The van der Waals surface area contributed by atoms with E-state index in [1.165, 1.54) is 18.3 Å². The first-order chi connectivity index (χ1) is 11.6. The van der Waals surface area contributed by atoms with Gasteiger partial charge in [0.05, 0.1) is 6.54 Å². The summed E-state index contributed by atoms with van der Waals surface area (Å²) in [7, 11) is -3.48. The maximum atomic E-state index is 12.6. The average Bonchev–Trinajstić information content (AvgIpc) is 3.03. The Hall–Kier alpha value is -0.920. The maximum Gasteiger partial charge on any atom is 0.250 e. The van der Waals surface area contributed by atoms with Gasteiger partial charge in [-0.2, -0.15) is 0 Å². The molecule has 1 aliphatic rings. The van der Waals surface area contributed by atoms with Gasteiger partial charge in [-0.05, 0) is 49.1 Å². The monoisotopic (exact) mass is 386 g/mol. The van der Waals surface area contributed by atoms with E-state index < -0.39 is 10.0 Å². The van der Waals surface area contributed by atoms with E-state index in [2.05, 4.69) is 30.8 Å². The van der Waals surface area contributed by atoms with Crippen molar-refractivity contribution < 1.29 is 13.2 Å². The average molecular weight is 387 g/mol. The van der Waals surface area contributed by atoms with Crippen LogP contribution in [0.3, 0.4) is 0 Å². The van der Waals surface area contributed by atoms with E-state index in [1.54, 1.807) is 12.1 Å². The van der Waals surface area contributed by atoms with E-state index in [-0.39, 0.29) is 11.9 Å². The zero-order chi connectivity index (χ0) is 18.7. The Labute approximate surface area is 155 Å². The quantitative estimate of drug-likeness (QED) is 0.751. The first-order valence-electron chi connectivity index (χ1n) is 8.99. The predicted molar refractivity (Wildman–Crippen MR) is 102 cm³/mol. The molecule has 0 saturated heterocycles. The van der Waals surface area contributed by atoms with Crippen LogP contribution < -0.4 is 10.0 Å². The molecule has 0 aromatic carbocycles. The van der Waals surface area contributed by atoms with Gasteiger partial charge in [-0.1, -0.05) is 27.2 Å². The van der Waals surface area contributed by atoms with Crippen molar-refractivity contribution in [3.05, 3.63) is 17.0 Å². The zero-order valence-corrected chi connectivity index (χ0v) is 17.2. The van der Waals surface area contributed by atoms with Gasteiger partial charge in [0.15, 0.2) is 0 Å². The lowest BCUT2D eigenvalue weighted by atomic mass is 9.69. The van der Waals surface area contributed by atoms with Gasteiger partial charge in [0, 0.05) is 17.8 Å². The lowest BCUT2D eigenvalue weighted by Crippen LogP contribution is -2.39. The minimum Gasteiger partial charge on any atom is -0.351 e. The van der Waals surface area contributed by atoms with Gasteiger partial charge in [-0.15, -0.1) is 11.3 Å². The number of thiophene rings is 1. The highest BCUT2D eigenvalue weighted by atomic mass is 32.2. The van der Waals surface area contributed by atoms with E-state index in [0.717, 1.165) is 37.0 Å². The van der Waals surface area contributed by atoms with Gasteiger partial charge in [0.2, 0.25) is 15.9 Å². The summed E-state index contributed by atoms with van der Waals surface area (Å²) in [4.78, 5) is 11.8. The summed E-state index contributed by atoms with van der Waals surface area (Å²) in [5, 5.41) is 2.69. The van der Waals surface area contributed by atoms with Gasteiger partial charge in [0.1, 0.15) is 4.21 Å². The standard InChI is InChI=1S/C18H30N2O3S2/c1-5-18(3,4)14-6-8-15(9-7-14)20-25(22,23)17-11-10-16(24-17)12-19-13(2)21/h10-11,14-15,20H,5-9,12H2,1-4H3,(H,19,21). The number of rotatable bonds is 7. The van der Waals surface area contributed by atoms with Gasteiger partial charge in [0.25, 0.3) is 0 Å². The topological polar surface area (TPSA) is 75.3 Å². The minimum absolute atomic E-state index is 0.0230. The van der Waals surface area contributed by atoms with Crippen molar-refractivity contribution in [2.45, 2.75) is 76.6 Å². The molecule has 142 valence electrons. The SMILES string of the molecule is CCC(C)(C)C1CCC(NS(=O)(=O)c2ccc(CNC(C)=O)s2)CC1. The summed E-state index contributed by atoms with van der Waals surface area (Å²) in [6.07, 6.45) is 5.10. The van der Waals surface area contributed by atoms with Gasteiger partial charge in [-0.3, -0.25) is 4.79 Å². The fourth-order valence-electron chi connectivity index (χ4n) is 3.37. The van der Waals surface area contributed by atoms with Crippen molar-refractivity contribution in [3.63, 3.8) is 0 Å². The Kier molecular flexibility index (Phi) is 6.68. The van der Waals surface area contributed by atoms with Crippen LogP contribution in [0.1, 0.15) is 64.7 Å². The molecule has 2 N–H and O–H groups in total. The highest BCUT2D eigenvalue weighted by Gasteiger charge is 2.33. The lowest BCUT2D eigenvalue weighted by molar-refractivity contribution is -0.119. The van der Waals surface area contributed by atoms with Crippen LogP contribution >= 0.6 is 11.3 Å². The first-order valence-corrected chi connectivity index (χ1v) is 11.3. The molecule has 1 heterocycles. The summed E-state index contributed by atoms with van der Waals surface area (Å²) in [6, 6.07) is 3.40. The third-order valence-corrected chi connectivity index (χ3v) is 8.58. The van der Waals surface area contributed by atoms with E-state index >= 15 is 0 Å². The molecule has 0 aliphatic heterocycles. The predicted octanol–water partition coefficient (Wildman–Crippen LogP) is 3.66. The Bertz CT molecular complexity index is 687. The fourth-order valence-corrected chi connectivity index (χ4v) is 5.99. The largest absolute Gasteiger partial charge is 0.351 e. The Morgan fingerprint density at radius 3 is 2.44 bits per heavy atom. The summed E-state index contributed by atoms with van der Waals surface area (Å²) < 4.78 is 28.4. The molecular weight excluding hydrogens is 356 g/mol. The molecule has 0 atom stereocenters. The highest BCUT2D eigenvalue weighted by Crippen LogP contribution is 2.40. The summed E-state index contributed by atoms with van der Waals surface area (Å²) in [5.74, 6) is 0.548. The third kappa shape index (κ3) is 5.53. The second kappa shape index (κ2) is 8.18. The van der Waals surface area contributed by atoms with E-state index in [1.807, 2.05) is 0 Å². The van der Waals surface area contributed by atoms with E-state index in [0.29, 0.717) is 22.1 Å². The summed E-state index contributed by atoms with van der Waals surface area (Å²) in [6.45, 7) is 8.66. The van der Waals surface area contributed by atoms with Crippen LogP contribution in [-0.2, 0) is 21.4 Å². The molecular formula is C18H30N2O3S2. The van der Waals surface area contributed by atoms with Crippen LogP contribution in [0.25, 0.3) is 0 Å². The van der Waals surface area contributed by atoms with E-state index in [9.17, 15) is 13.2 Å². The number of carbonyl (C=O) groups is 1. The third-order valence-electron chi connectivity index (χ3n) is 5.48. The highest BCUT2D eigenvalue weighted by molar-refractivity contribution is 7.91. The van der Waals surface area contributed by atoms with Crippen molar-refractivity contribution in [1.82, 2.24) is 10.0 Å². The molecule has 7 heteroatoms. The van der Waals surface area contributed by atoms with Crippen LogP contribution in [0.4, 0.5) is 0 Å². The van der Waals surface area contributed by atoms with Gasteiger partial charge in [-0.25, -0.2) is 13.1 Å². The van der Waals surface area contributed by atoms with Crippen LogP contribution in [-0.4, -0.2) is 20.4 Å². The summed E-state index contributed by atoms with van der Waals surface area (Å²) >= 11 is 1.21. The molecule has 1 aromatic rings. The van der Waals surface area contributed by atoms with Crippen molar-refractivity contribution in [2.24, 2.45) is 11.3 Å². The van der Waals surface area contributed by atoms with Gasteiger partial charge < -0.3 is 5.32 Å². The number of nitrogens with one attached hydrogen (secondary N) is 2. The molecule has 25 heavy (non-hydrogen) atoms. The van der Waals surface area contributed by atoms with Gasteiger partial charge >= 0.3 is 0 Å². The van der Waals surface area contributed by atoms with Crippen molar-refractivity contribution >= 4 is 27.3 Å². The Morgan fingerprint density at radius 1 is 1.24 bits per heavy atom.